The van der Waals surface area contributed by atoms with Crippen LogP contribution in [0, 0.1) is 0 Å². The maximum absolute atomic E-state index is 12.0. The molecule has 22 heavy (non-hydrogen) atoms. The minimum absolute atomic E-state index is 0.00609. The van der Waals surface area contributed by atoms with E-state index in [0.29, 0.717) is 11.3 Å². The zero-order chi connectivity index (χ0) is 16.2. The first-order valence-electron chi connectivity index (χ1n) is 6.26. The van der Waals surface area contributed by atoms with Crippen molar-refractivity contribution < 1.29 is 27.8 Å². The van der Waals surface area contributed by atoms with Gasteiger partial charge in [0.15, 0.2) is 0 Å². The molecule has 0 fully saturated rings. The molecule has 0 heterocycles. The summed E-state index contributed by atoms with van der Waals surface area (Å²) >= 11 is 0. The Labute approximate surface area is 124 Å². The molecule has 2 aromatic rings. The van der Waals surface area contributed by atoms with Gasteiger partial charge in [-0.25, -0.2) is 0 Å². The third kappa shape index (κ3) is 4.69. The Hall–Kier alpha value is -2.70. The summed E-state index contributed by atoms with van der Waals surface area (Å²) in [5, 5.41) is 12.1. The number of phenols is 1. The lowest BCUT2D eigenvalue weighted by Crippen LogP contribution is -2.17. The quantitative estimate of drug-likeness (QED) is 0.909. The lowest BCUT2D eigenvalue weighted by atomic mass is 10.1. The van der Waals surface area contributed by atoms with Crippen LogP contribution in [0.25, 0.3) is 0 Å². The molecule has 0 radical (unpaired) electrons. The molecule has 0 aromatic heterocycles. The zero-order valence-electron chi connectivity index (χ0n) is 11.2. The minimum atomic E-state index is -4.75. The number of phenolic OH excluding ortho intramolecular Hbond substituents is 1. The van der Waals surface area contributed by atoms with Crippen molar-refractivity contribution in [3.63, 3.8) is 0 Å². The molecule has 7 heteroatoms. The number of hydrogen-bond donors (Lipinski definition) is 2. The molecule has 0 saturated heterocycles. The number of benzene rings is 2. The highest BCUT2D eigenvalue weighted by Gasteiger charge is 2.30. The number of nitrogens with one attached hydrogen (secondary N) is 1. The van der Waals surface area contributed by atoms with E-state index in [0.717, 1.165) is 12.1 Å². The summed E-state index contributed by atoms with van der Waals surface area (Å²) in [6.45, 7) is 0. The van der Waals surface area contributed by atoms with Crippen molar-refractivity contribution in [1.82, 2.24) is 0 Å². The molecule has 116 valence electrons. The second-order valence-electron chi connectivity index (χ2n) is 4.43. The van der Waals surface area contributed by atoms with Crippen LogP contribution in [0.15, 0.2) is 48.5 Å². The molecule has 0 aliphatic heterocycles. The van der Waals surface area contributed by atoms with Crippen LogP contribution >= 0.6 is 0 Å². The summed E-state index contributed by atoms with van der Waals surface area (Å²) in [4.78, 5) is 11.8. The van der Waals surface area contributed by atoms with E-state index in [9.17, 15) is 23.1 Å². The summed E-state index contributed by atoms with van der Waals surface area (Å²) in [5.74, 6) is -0.760. The number of carbonyl (C=O) groups is 1. The molecule has 4 nitrogen and oxygen atoms in total. The SMILES string of the molecule is O=C(Cc1ccccc1O)Nc1ccc(OC(F)(F)F)cc1. The van der Waals surface area contributed by atoms with E-state index >= 15 is 0 Å². The highest BCUT2D eigenvalue weighted by Crippen LogP contribution is 2.24. The zero-order valence-corrected chi connectivity index (χ0v) is 11.2. The van der Waals surface area contributed by atoms with Crippen LogP contribution in [0.3, 0.4) is 0 Å². The number of para-hydroxylation sites is 1. The smallest absolute Gasteiger partial charge is 0.508 e. The summed E-state index contributed by atoms with van der Waals surface area (Å²) in [7, 11) is 0. The average molecular weight is 311 g/mol. The third-order valence-corrected chi connectivity index (χ3v) is 2.71. The first-order valence-corrected chi connectivity index (χ1v) is 6.26. The monoisotopic (exact) mass is 311 g/mol. The Bertz CT molecular complexity index is 654. The van der Waals surface area contributed by atoms with Crippen molar-refractivity contribution in [2.24, 2.45) is 0 Å². The molecule has 2 N–H and O–H groups in total. The Kier molecular flexibility index (Phi) is 4.55. The summed E-state index contributed by atoms with van der Waals surface area (Å²) < 4.78 is 39.8. The molecule has 0 bridgehead atoms. The van der Waals surface area contributed by atoms with Gasteiger partial charge in [0.05, 0.1) is 6.42 Å². The van der Waals surface area contributed by atoms with Crippen molar-refractivity contribution in [3.8, 4) is 11.5 Å². The van der Waals surface area contributed by atoms with E-state index in [1.54, 1.807) is 18.2 Å². The second-order valence-corrected chi connectivity index (χ2v) is 4.43. The number of amides is 1. The van der Waals surface area contributed by atoms with Crippen LogP contribution in [0.2, 0.25) is 0 Å². The van der Waals surface area contributed by atoms with Gasteiger partial charge in [0.1, 0.15) is 11.5 Å². The molecule has 1 amide bonds. The molecule has 2 aromatic carbocycles. The number of hydrogen-bond acceptors (Lipinski definition) is 3. The van der Waals surface area contributed by atoms with E-state index < -0.39 is 12.3 Å². The van der Waals surface area contributed by atoms with Crippen molar-refractivity contribution in [2.45, 2.75) is 12.8 Å². The molecular formula is C15H12F3NO3. The fraction of sp³-hybridized carbons (Fsp3) is 0.133. The Morgan fingerprint density at radius 3 is 2.32 bits per heavy atom. The van der Waals surface area contributed by atoms with Gasteiger partial charge in [-0.1, -0.05) is 18.2 Å². The highest BCUT2D eigenvalue weighted by atomic mass is 19.4. The molecule has 2 rings (SSSR count). The van der Waals surface area contributed by atoms with Crippen LogP contribution < -0.4 is 10.1 Å². The van der Waals surface area contributed by atoms with Gasteiger partial charge in [0.25, 0.3) is 0 Å². The number of aromatic hydroxyl groups is 1. The van der Waals surface area contributed by atoms with Crippen molar-refractivity contribution in [3.05, 3.63) is 54.1 Å². The van der Waals surface area contributed by atoms with Crippen molar-refractivity contribution in [1.29, 1.82) is 0 Å². The number of carbonyl (C=O) groups excluding carboxylic acids is 1. The normalized spacial score (nSPS) is 11.0. The predicted molar refractivity (Wildman–Crippen MR) is 73.6 cm³/mol. The van der Waals surface area contributed by atoms with E-state index in [4.69, 9.17) is 0 Å². The average Bonchev–Trinajstić information content (AvgIpc) is 2.42. The standard InChI is InChI=1S/C15H12F3NO3/c16-15(17,18)22-12-7-5-11(6-8-12)19-14(21)9-10-3-1-2-4-13(10)20/h1-8,20H,9H2,(H,19,21). The molecule has 0 spiro atoms. The third-order valence-electron chi connectivity index (χ3n) is 2.71. The van der Waals surface area contributed by atoms with Crippen molar-refractivity contribution in [2.75, 3.05) is 5.32 Å². The first kappa shape index (κ1) is 15.7. The van der Waals surface area contributed by atoms with Gasteiger partial charge in [0, 0.05) is 11.3 Å². The van der Waals surface area contributed by atoms with Crippen LogP contribution in [-0.4, -0.2) is 17.4 Å². The topological polar surface area (TPSA) is 58.6 Å². The van der Waals surface area contributed by atoms with Gasteiger partial charge < -0.3 is 15.2 Å². The van der Waals surface area contributed by atoms with Gasteiger partial charge in [-0.15, -0.1) is 13.2 Å². The fourth-order valence-electron chi connectivity index (χ4n) is 1.78. The Morgan fingerprint density at radius 2 is 1.73 bits per heavy atom. The maximum Gasteiger partial charge on any atom is 0.573 e. The van der Waals surface area contributed by atoms with Crippen LogP contribution in [0.1, 0.15) is 5.56 Å². The Morgan fingerprint density at radius 1 is 1.09 bits per heavy atom. The molecule has 0 aliphatic carbocycles. The lowest BCUT2D eigenvalue weighted by Gasteiger charge is -2.10. The number of anilines is 1. The van der Waals surface area contributed by atoms with Gasteiger partial charge in [0.2, 0.25) is 5.91 Å². The molecular weight excluding hydrogens is 299 g/mol. The van der Waals surface area contributed by atoms with Crippen LogP contribution in [0.5, 0.6) is 11.5 Å². The summed E-state index contributed by atoms with van der Waals surface area (Å²) in [6.07, 6.45) is -4.80. The largest absolute Gasteiger partial charge is 0.573 e. The van der Waals surface area contributed by atoms with E-state index in [1.165, 1.54) is 18.2 Å². The van der Waals surface area contributed by atoms with Gasteiger partial charge >= 0.3 is 6.36 Å². The van der Waals surface area contributed by atoms with Gasteiger partial charge in [-0.05, 0) is 30.3 Å². The second kappa shape index (κ2) is 6.38. The highest BCUT2D eigenvalue weighted by molar-refractivity contribution is 5.92. The fourth-order valence-corrected chi connectivity index (χ4v) is 1.78. The minimum Gasteiger partial charge on any atom is -0.508 e. The molecule has 0 unspecified atom stereocenters. The molecule has 0 aliphatic rings. The number of ether oxygens (including phenoxy) is 1. The maximum atomic E-state index is 12.0. The number of alkyl halides is 3. The van der Waals surface area contributed by atoms with Crippen LogP contribution in [-0.2, 0) is 11.2 Å². The molecule has 0 atom stereocenters. The van der Waals surface area contributed by atoms with E-state index in [2.05, 4.69) is 10.1 Å². The lowest BCUT2D eigenvalue weighted by molar-refractivity contribution is -0.274. The Balaban J connectivity index is 1.96. The van der Waals surface area contributed by atoms with E-state index in [1.807, 2.05) is 0 Å². The first-order chi connectivity index (χ1) is 10.3. The number of halogens is 3. The van der Waals surface area contributed by atoms with Gasteiger partial charge in [-0.2, -0.15) is 0 Å². The number of rotatable bonds is 4. The van der Waals surface area contributed by atoms with E-state index in [-0.39, 0.29) is 17.9 Å². The van der Waals surface area contributed by atoms with Gasteiger partial charge in [-0.3, -0.25) is 4.79 Å². The predicted octanol–water partition coefficient (Wildman–Crippen LogP) is 3.47. The molecule has 0 saturated carbocycles. The van der Waals surface area contributed by atoms with Crippen LogP contribution in [0.4, 0.5) is 18.9 Å². The summed E-state index contributed by atoms with van der Waals surface area (Å²) in [5.41, 5.74) is 0.784. The van der Waals surface area contributed by atoms with Crippen molar-refractivity contribution >= 4 is 11.6 Å². The summed E-state index contributed by atoms with van der Waals surface area (Å²) in [6, 6.07) is 11.2.